The zero-order chi connectivity index (χ0) is 11.5. The van der Waals surface area contributed by atoms with Crippen molar-refractivity contribution in [2.45, 2.75) is 31.6 Å². The molecule has 2 rings (SSSR count). The Morgan fingerprint density at radius 1 is 1.19 bits per heavy atom. The van der Waals surface area contributed by atoms with E-state index in [2.05, 4.69) is 6.58 Å². The third-order valence-corrected chi connectivity index (χ3v) is 3.46. The lowest BCUT2D eigenvalue weighted by atomic mass is 9.78. The van der Waals surface area contributed by atoms with Gasteiger partial charge in [-0.3, -0.25) is 0 Å². The van der Waals surface area contributed by atoms with Gasteiger partial charge in [-0.2, -0.15) is 0 Å². The Morgan fingerprint density at radius 3 is 2.69 bits per heavy atom. The van der Waals surface area contributed by atoms with Crippen molar-refractivity contribution in [3.63, 3.8) is 0 Å². The normalized spacial score (nSPS) is 25.4. The lowest BCUT2D eigenvalue weighted by Gasteiger charge is -2.27. The van der Waals surface area contributed by atoms with Gasteiger partial charge in [0.05, 0.1) is 0 Å². The van der Waals surface area contributed by atoms with Crippen LogP contribution < -0.4 is 0 Å². The second-order valence-electron chi connectivity index (χ2n) is 4.53. The Morgan fingerprint density at radius 2 is 2.00 bits per heavy atom. The molecule has 1 aliphatic carbocycles. The van der Waals surface area contributed by atoms with Crippen LogP contribution in [0.4, 0.5) is 8.78 Å². The summed E-state index contributed by atoms with van der Waals surface area (Å²) in [6.45, 7) is 3.81. The average Bonchev–Trinajstić information content (AvgIpc) is 2.33. The van der Waals surface area contributed by atoms with E-state index in [-0.39, 0.29) is 0 Å². The van der Waals surface area contributed by atoms with E-state index in [4.69, 9.17) is 0 Å². The van der Waals surface area contributed by atoms with Crippen molar-refractivity contribution in [1.29, 1.82) is 0 Å². The highest BCUT2D eigenvalue weighted by atomic mass is 19.2. The molecule has 2 heteroatoms. The molecule has 0 amide bonds. The summed E-state index contributed by atoms with van der Waals surface area (Å²) < 4.78 is 25.9. The van der Waals surface area contributed by atoms with E-state index in [1.165, 1.54) is 18.6 Å². The van der Waals surface area contributed by atoms with Gasteiger partial charge in [0.1, 0.15) is 0 Å². The zero-order valence-electron chi connectivity index (χ0n) is 9.26. The van der Waals surface area contributed by atoms with E-state index in [0.29, 0.717) is 11.8 Å². The van der Waals surface area contributed by atoms with Crippen molar-refractivity contribution >= 4 is 0 Å². The van der Waals surface area contributed by atoms with Crippen molar-refractivity contribution in [3.05, 3.63) is 48.1 Å². The molecule has 0 heterocycles. The monoisotopic (exact) mass is 222 g/mol. The molecule has 1 aromatic rings. The molecule has 0 aliphatic heterocycles. The van der Waals surface area contributed by atoms with Crippen LogP contribution in [0.1, 0.15) is 37.2 Å². The van der Waals surface area contributed by atoms with E-state index >= 15 is 0 Å². The fourth-order valence-electron chi connectivity index (χ4n) is 2.51. The number of hydrogen-bond donors (Lipinski definition) is 0. The molecule has 2 atom stereocenters. The summed E-state index contributed by atoms with van der Waals surface area (Å²) in [7, 11) is 0. The van der Waals surface area contributed by atoms with Crippen LogP contribution in [0.25, 0.3) is 0 Å². The van der Waals surface area contributed by atoms with Gasteiger partial charge in [-0.15, -0.1) is 6.58 Å². The maximum Gasteiger partial charge on any atom is 0.159 e. The lowest BCUT2D eigenvalue weighted by Crippen LogP contribution is -2.12. The van der Waals surface area contributed by atoms with Crippen LogP contribution in [0.3, 0.4) is 0 Å². The topological polar surface area (TPSA) is 0 Å². The highest BCUT2D eigenvalue weighted by Crippen LogP contribution is 2.36. The van der Waals surface area contributed by atoms with E-state index in [1.54, 1.807) is 6.07 Å². The molecule has 86 valence electrons. The Labute approximate surface area is 95.0 Å². The summed E-state index contributed by atoms with van der Waals surface area (Å²) in [5.41, 5.74) is 0.922. The first-order chi connectivity index (χ1) is 7.70. The highest BCUT2D eigenvalue weighted by molar-refractivity contribution is 5.22. The number of halogens is 2. The van der Waals surface area contributed by atoms with Crippen molar-refractivity contribution in [2.75, 3.05) is 0 Å². The van der Waals surface area contributed by atoms with Crippen molar-refractivity contribution in [1.82, 2.24) is 0 Å². The third-order valence-electron chi connectivity index (χ3n) is 3.46. The Kier molecular flexibility index (Phi) is 3.37. The zero-order valence-corrected chi connectivity index (χ0v) is 9.26. The van der Waals surface area contributed by atoms with Crippen LogP contribution >= 0.6 is 0 Å². The summed E-state index contributed by atoms with van der Waals surface area (Å²) in [5, 5.41) is 0. The maximum atomic E-state index is 13.1. The molecule has 0 aromatic heterocycles. The number of hydrogen-bond acceptors (Lipinski definition) is 0. The van der Waals surface area contributed by atoms with Crippen molar-refractivity contribution in [3.8, 4) is 0 Å². The smallest absolute Gasteiger partial charge is 0.159 e. The number of rotatable bonds is 2. The van der Waals surface area contributed by atoms with Crippen LogP contribution in [0.2, 0.25) is 0 Å². The van der Waals surface area contributed by atoms with Crippen LogP contribution in [0.15, 0.2) is 30.9 Å². The van der Waals surface area contributed by atoms with Crippen LogP contribution in [-0.4, -0.2) is 0 Å². The van der Waals surface area contributed by atoms with Gasteiger partial charge in [-0.05, 0) is 48.8 Å². The molecule has 1 aromatic carbocycles. The van der Waals surface area contributed by atoms with Gasteiger partial charge in [0.2, 0.25) is 0 Å². The summed E-state index contributed by atoms with van der Waals surface area (Å²) in [5.74, 6) is -0.628. The second-order valence-corrected chi connectivity index (χ2v) is 4.53. The minimum absolute atomic E-state index is 0.354. The first-order valence-electron chi connectivity index (χ1n) is 5.78. The molecule has 2 unspecified atom stereocenters. The lowest BCUT2D eigenvalue weighted by molar-refractivity contribution is 0.371. The molecule has 1 aliphatic rings. The predicted octanol–water partition coefficient (Wildman–Crippen LogP) is 4.42. The van der Waals surface area contributed by atoms with Crippen LogP contribution in [-0.2, 0) is 0 Å². The quantitative estimate of drug-likeness (QED) is 0.649. The first kappa shape index (κ1) is 11.3. The maximum absolute atomic E-state index is 13.1. The summed E-state index contributed by atoms with van der Waals surface area (Å²) >= 11 is 0. The van der Waals surface area contributed by atoms with Crippen LogP contribution in [0.5, 0.6) is 0 Å². The molecule has 0 N–H and O–H groups in total. The van der Waals surface area contributed by atoms with Gasteiger partial charge in [0.15, 0.2) is 11.6 Å². The van der Waals surface area contributed by atoms with Crippen LogP contribution in [0, 0.1) is 17.6 Å². The number of allylic oxidation sites excluding steroid dienone is 1. The molecule has 1 saturated carbocycles. The SMILES string of the molecule is C=CC1CCCC(c2ccc(F)c(F)c2)C1. The van der Waals surface area contributed by atoms with Gasteiger partial charge in [-0.25, -0.2) is 8.78 Å². The molecule has 16 heavy (non-hydrogen) atoms. The molecule has 0 bridgehead atoms. The van der Waals surface area contributed by atoms with Gasteiger partial charge in [0, 0.05) is 0 Å². The predicted molar refractivity (Wildman–Crippen MR) is 61.3 cm³/mol. The molecule has 0 radical (unpaired) electrons. The summed E-state index contributed by atoms with van der Waals surface area (Å²) in [4.78, 5) is 0. The molecule has 0 spiro atoms. The molecule has 1 fully saturated rings. The van der Waals surface area contributed by atoms with E-state index < -0.39 is 11.6 Å². The Hall–Kier alpha value is -1.18. The second kappa shape index (κ2) is 4.77. The third kappa shape index (κ3) is 2.31. The van der Waals surface area contributed by atoms with E-state index in [0.717, 1.165) is 24.8 Å². The minimum atomic E-state index is -0.764. The minimum Gasteiger partial charge on any atom is -0.204 e. The highest BCUT2D eigenvalue weighted by Gasteiger charge is 2.21. The summed E-state index contributed by atoms with van der Waals surface area (Å²) in [6.07, 6.45) is 6.36. The van der Waals surface area contributed by atoms with Gasteiger partial charge < -0.3 is 0 Å². The Balaban J connectivity index is 2.16. The molecule has 0 nitrogen and oxygen atoms in total. The standard InChI is InChI=1S/C14H16F2/c1-2-10-4-3-5-11(8-10)12-6-7-13(15)14(16)9-12/h2,6-7,9-11H,1,3-5,8H2. The largest absolute Gasteiger partial charge is 0.204 e. The fraction of sp³-hybridized carbons (Fsp3) is 0.429. The fourth-order valence-corrected chi connectivity index (χ4v) is 2.51. The molecular weight excluding hydrogens is 206 g/mol. The average molecular weight is 222 g/mol. The first-order valence-corrected chi connectivity index (χ1v) is 5.78. The van der Waals surface area contributed by atoms with E-state index in [1.807, 2.05) is 6.08 Å². The van der Waals surface area contributed by atoms with Crippen molar-refractivity contribution < 1.29 is 8.78 Å². The number of benzene rings is 1. The van der Waals surface area contributed by atoms with Gasteiger partial charge >= 0.3 is 0 Å². The summed E-state index contributed by atoms with van der Waals surface area (Å²) in [6, 6.07) is 4.27. The molecule has 0 saturated heterocycles. The Bertz CT molecular complexity index is 384. The van der Waals surface area contributed by atoms with Gasteiger partial charge in [0.25, 0.3) is 0 Å². The van der Waals surface area contributed by atoms with E-state index in [9.17, 15) is 8.78 Å². The molecular formula is C14H16F2. The van der Waals surface area contributed by atoms with Crippen molar-refractivity contribution in [2.24, 2.45) is 5.92 Å². The van der Waals surface area contributed by atoms with Gasteiger partial charge in [-0.1, -0.05) is 18.6 Å².